The zero-order chi connectivity index (χ0) is 21.3. The van der Waals surface area contributed by atoms with E-state index in [1.807, 2.05) is 67.6 Å². The highest BCUT2D eigenvalue weighted by Crippen LogP contribution is 2.40. The van der Waals surface area contributed by atoms with Crippen LogP contribution in [-0.4, -0.2) is 28.2 Å². The third kappa shape index (κ3) is 3.28. The quantitative estimate of drug-likeness (QED) is 0.363. The number of aryl methyl sites for hydroxylation is 1. The first-order valence-corrected chi connectivity index (χ1v) is 10.4. The van der Waals surface area contributed by atoms with E-state index in [9.17, 15) is 14.7 Å². The van der Waals surface area contributed by atoms with Crippen LogP contribution in [0.25, 0.3) is 16.5 Å². The monoisotopic (exact) mass is 399 g/mol. The van der Waals surface area contributed by atoms with Crippen LogP contribution in [0.2, 0.25) is 0 Å². The van der Waals surface area contributed by atoms with Crippen LogP contribution in [0.5, 0.6) is 0 Å². The van der Waals surface area contributed by atoms with Crippen LogP contribution in [-0.2, 0) is 16.0 Å². The molecule has 0 bridgehead atoms. The Morgan fingerprint density at radius 2 is 1.63 bits per heavy atom. The minimum Gasteiger partial charge on any atom is -0.507 e. The molecule has 4 rings (SSSR count). The Hall–Kier alpha value is -3.40. The summed E-state index contributed by atoms with van der Waals surface area (Å²) in [6.45, 7) is 4.51. The summed E-state index contributed by atoms with van der Waals surface area (Å²) < 4.78 is 0. The van der Waals surface area contributed by atoms with E-state index in [0.29, 0.717) is 12.1 Å². The molecule has 0 saturated carbocycles. The van der Waals surface area contributed by atoms with Crippen molar-refractivity contribution in [1.29, 1.82) is 0 Å². The number of Topliss-reactive ketones (excluding diaryl/α,β-unsaturated/α-hetero) is 1. The van der Waals surface area contributed by atoms with E-state index in [1.165, 1.54) is 5.56 Å². The molecule has 3 aromatic carbocycles. The van der Waals surface area contributed by atoms with Crippen molar-refractivity contribution in [3.8, 4) is 0 Å². The molecule has 1 N–H and O–H groups in total. The number of carbonyl (C=O) groups excluding carboxylic acids is 2. The standard InChI is InChI=1S/C26H25NO3/c1-3-16-27-23(19-14-12-17(4-2)13-15-19)22(25(29)26(27)30)24(28)21-11-7-9-18-8-5-6-10-20(18)21/h5-15,23,28H,3-4,16H2,1-2H3/b24-22-. The van der Waals surface area contributed by atoms with Gasteiger partial charge in [-0.1, -0.05) is 80.6 Å². The molecular formula is C26H25NO3. The molecule has 1 fully saturated rings. The first-order valence-electron chi connectivity index (χ1n) is 10.4. The molecular weight excluding hydrogens is 374 g/mol. The number of ketones is 1. The van der Waals surface area contributed by atoms with Crippen LogP contribution in [0.15, 0.2) is 72.3 Å². The number of aliphatic hydroxyl groups excluding tert-OH is 1. The Balaban J connectivity index is 1.93. The SMILES string of the molecule is CCCN1C(=O)C(=O)/C(=C(\O)c2cccc3ccccc23)C1c1ccc(CC)cc1. The van der Waals surface area contributed by atoms with E-state index < -0.39 is 17.7 Å². The second-order valence-corrected chi connectivity index (χ2v) is 7.61. The summed E-state index contributed by atoms with van der Waals surface area (Å²) >= 11 is 0. The van der Waals surface area contributed by atoms with Gasteiger partial charge in [0.05, 0.1) is 11.6 Å². The van der Waals surface area contributed by atoms with Crippen LogP contribution >= 0.6 is 0 Å². The van der Waals surface area contributed by atoms with E-state index in [0.717, 1.165) is 29.2 Å². The molecule has 4 nitrogen and oxygen atoms in total. The van der Waals surface area contributed by atoms with Crippen molar-refractivity contribution < 1.29 is 14.7 Å². The number of amides is 1. The van der Waals surface area contributed by atoms with Gasteiger partial charge >= 0.3 is 0 Å². The fourth-order valence-corrected chi connectivity index (χ4v) is 4.21. The molecule has 1 amide bonds. The van der Waals surface area contributed by atoms with Gasteiger partial charge in [-0.25, -0.2) is 0 Å². The zero-order valence-corrected chi connectivity index (χ0v) is 17.3. The van der Waals surface area contributed by atoms with Gasteiger partial charge in [0.2, 0.25) is 0 Å². The maximum absolute atomic E-state index is 13.0. The average Bonchev–Trinajstić information content (AvgIpc) is 3.03. The van der Waals surface area contributed by atoms with Gasteiger partial charge < -0.3 is 10.0 Å². The lowest BCUT2D eigenvalue weighted by Gasteiger charge is -2.25. The summed E-state index contributed by atoms with van der Waals surface area (Å²) in [6, 6.07) is 20.7. The number of likely N-dealkylation sites (tertiary alicyclic amines) is 1. The Morgan fingerprint density at radius 1 is 0.933 bits per heavy atom. The summed E-state index contributed by atoms with van der Waals surface area (Å²) in [5.74, 6) is -1.30. The summed E-state index contributed by atoms with van der Waals surface area (Å²) in [5.41, 5.74) is 2.74. The number of rotatable bonds is 5. The van der Waals surface area contributed by atoms with E-state index in [1.54, 1.807) is 11.0 Å². The molecule has 0 aromatic heterocycles. The molecule has 3 aromatic rings. The number of benzene rings is 3. The minimum absolute atomic E-state index is 0.117. The zero-order valence-electron chi connectivity index (χ0n) is 17.3. The second-order valence-electron chi connectivity index (χ2n) is 7.61. The molecule has 1 aliphatic heterocycles. The molecule has 0 spiro atoms. The van der Waals surface area contributed by atoms with Crippen molar-refractivity contribution in [2.24, 2.45) is 0 Å². The van der Waals surface area contributed by atoms with Crippen molar-refractivity contribution in [3.05, 3.63) is 89.0 Å². The van der Waals surface area contributed by atoms with Gasteiger partial charge in [0.1, 0.15) is 5.76 Å². The highest BCUT2D eigenvalue weighted by atomic mass is 16.3. The Morgan fingerprint density at radius 3 is 2.33 bits per heavy atom. The van der Waals surface area contributed by atoms with E-state index in [2.05, 4.69) is 6.92 Å². The Kier molecular flexibility index (Phi) is 5.40. The highest BCUT2D eigenvalue weighted by Gasteiger charge is 2.45. The number of nitrogens with zero attached hydrogens (tertiary/aromatic N) is 1. The lowest BCUT2D eigenvalue weighted by Crippen LogP contribution is -2.30. The fourth-order valence-electron chi connectivity index (χ4n) is 4.21. The van der Waals surface area contributed by atoms with Gasteiger partial charge in [-0.3, -0.25) is 9.59 Å². The van der Waals surface area contributed by atoms with Gasteiger partial charge in [0, 0.05) is 12.1 Å². The van der Waals surface area contributed by atoms with Crippen molar-refractivity contribution in [1.82, 2.24) is 4.90 Å². The number of fused-ring (bicyclic) bond motifs is 1. The predicted octanol–water partition coefficient (Wildman–Crippen LogP) is 5.23. The van der Waals surface area contributed by atoms with Crippen molar-refractivity contribution >= 4 is 28.2 Å². The minimum atomic E-state index is -0.626. The smallest absolute Gasteiger partial charge is 0.295 e. The molecule has 1 aliphatic rings. The Bertz CT molecular complexity index is 1140. The largest absolute Gasteiger partial charge is 0.507 e. The van der Waals surface area contributed by atoms with Crippen LogP contribution in [0.4, 0.5) is 0 Å². The normalized spacial score (nSPS) is 18.3. The van der Waals surface area contributed by atoms with Crippen LogP contribution in [0, 0.1) is 0 Å². The van der Waals surface area contributed by atoms with Crippen molar-refractivity contribution in [2.75, 3.05) is 6.54 Å². The van der Waals surface area contributed by atoms with E-state index in [4.69, 9.17) is 0 Å². The fraction of sp³-hybridized carbons (Fsp3) is 0.231. The molecule has 4 heteroatoms. The molecule has 152 valence electrons. The van der Waals surface area contributed by atoms with Gasteiger partial charge in [0.15, 0.2) is 0 Å². The second kappa shape index (κ2) is 8.15. The van der Waals surface area contributed by atoms with Crippen molar-refractivity contribution in [2.45, 2.75) is 32.7 Å². The third-order valence-corrected chi connectivity index (χ3v) is 5.75. The molecule has 1 heterocycles. The lowest BCUT2D eigenvalue weighted by molar-refractivity contribution is -0.139. The summed E-state index contributed by atoms with van der Waals surface area (Å²) in [7, 11) is 0. The molecule has 1 saturated heterocycles. The number of hydrogen-bond donors (Lipinski definition) is 1. The van der Waals surface area contributed by atoms with Gasteiger partial charge in [0.25, 0.3) is 11.7 Å². The van der Waals surface area contributed by atoms with Crippen LogP contribution < -0.4 is 0 Å². The first kappa shape index (κ1) is 19.9. The van der Waals surface area contributed by atoms with Gasteiger partial charge in [-0.2, -0.15) is 0 Å². The number of hydrogen-bond acceptors (Lipinski definition) is 3. The third-order valence-electron chi connectivity index (χ3n) is 5.75. The molecule has 0 aliphatic carbocycles. The summed E-state index contributed by atoms with van der Waals surface area (Å²) in [6.07, 6.45) is 1.64. The predicted molar refractivity (Wildman–Crippen MR) is 119 cm³/mol. The highest BCUT2D eigenvalue weighted by molar-refractivity contribution is 6.46. The number of aliphatic hydroxyl groups is 1. The molecule has 1 unspecified atom stereocenters. The average molecular weight is 399 g/mol. The first-order chi connectivity index (χ1) is 14.6. The lowest BCUT2D eigenvalue weighted by atomic mass is 9.93. The van der Waals surface area contributed by atoms with Crippen LogP contribution in [0.1, 0.15) is 43.0 Å². The molecule has 0 radical (unpaired) electrons. The maximum Gasteiger partial charge on any atom is 0.295 e. The van der Waals surface area contributed by atoms with E-state index in [-0.39, 0.29) is 11.3 Å². The van der Waals surface area contributed by atoms with Crippen molar-refractivity contribution in [3.63, 3.8) is 0 Å². The molecule has 1 atom stereocenters. The maximum atomic E-state index is 13.0. The molecule has 30 heavy (non-hydrogen) atoms. The summed E-state index contributed by atoms with van der Waals surface area (Å²) in [5, 5.41) is 13.1. The van der Waals surface area contributed by atoms with E-state index >= 15 is 0 Å². The van der Waals surface area contributed by atoms with Gasteiger partial charge in [-0.05, 0) is 34.7 Å². The number of carbonyl (C=O) groups is 2. The van der Waals surface area contributed by atoms with Crippen LogP contribution in [0.3, 0.4) is 0 Å². The topological polar surface area (TPSA) is 57.6 Å². The summed E-state index contributed by atoms with van der Waals surface area (Å²) in [4.78, 5) is 27.5. The Labute approximate surface area is 176 Å². The van der Waals surface area contributed by atoms with Gasteiger partial charge in [-0.15, -0.1) is 0 Å².